The zero-order valence-electron chi connectivity index (χ0n) is 7.65. The zero-order chi connectivity index (χ0) is 10.8. The lowest BCUT2D eigenvalue weighted by atomic mass is 10.3. The van der Waals surface area contributed by atoms with Gasteiger partial charge in [-0.2, -0.15) is 0 Å². The Hall–Kier alpha value is -0.940. The standard InChI is InChI=1S/C8H9ClO4S/c1-12-6-3-7(13-2)5-8(4-6)14(9,10)11/h3-5H,1-2H3. The van der Waals surface area contributed by atoms with Crippen LogP contribution in [0.3, 0.4) is 0 Å². The van der Waals surface area contributed by atoms with Crippen LogP contribution in [0.5, 0.6) is 11.5 Å². The maximum absolute atomic E-state index is 11.0. The maximum atomic E-state index is 11.0. The van der Waals surface area contributed by atoms with Gasteiger partial charge in [0.25, 0.3) is 9.05 Å². The van der Waals surface area contributed by atoms with Gasteiger partial charge in [-0.1, -0.05) is 0 Å². The minimum Gasteiger partial charge on any atom is -0.497 e. The highest BCUT2D eigenvalue weighted by molar-refractivity contribution is 8.13. The third-order valence-electron chi connectivity index (χ3n) is 1.61. The topological polar surface area (TPSA) is 52.6 Å². The smallest absolute Gasteiger partial charge is 0.261 e. The molecular weight excluding hydrogens is 228 g/mol. The van der Waals surface area contributed by atoms with E-state index >= 15 is 0 Å². The van der Waals surface area contributed by atoms with Crippen LogP contribution in [0.25, 0.3) is 0 Å². The minimum absolute atomic E-state index is 0.0460. The van der Waals surface area contributed by atoms with Crippen molar-refractivity contribution in [3.8, 4) is 11.5 Å². The minimum atomic E-state index is -3.76. The molecule has 0 spiro atoms. The molecule has 1 rings (SSSR count). The number of ether oxygens (including phenoxy) is 2. The Balaban J connectivity index is 3.32. The van der Waals surface area contributed by atoms with E-state index in [4.69, 9.17) is 20.2 Å². The second-order valence-corrected chi connectivity index (χ2v) is 5.05. The average Bonchev–Trinajstić information content (AvgIpc) is 2.15. The fourth-order valence-corrected chi connectivity index (χ4v) is 1.70. The summed E-state index contributed by atoms with van der Waals surface area (Å²) in [5.74, 6) is 0.757. The molecule has 0 unspecified atom stereocenters. The van der Waals surface area contributed by atoms with E-state index in [1.165, 1.54) is 26.4 Å². The predicted octanol–water partition coefficient (Wildman–Crippen LogP) is 1.63. The molecule has 0 aromatic heterocycles. The molecular formula is C8H9ClO4S. The first-order valence-corrected chi connectivity index (χ1v) is 5.96. The number of hydrogen-bond acceptors (Lipinski definition) is 4. The Labute approximate surface area is 86.8 Å². The largest absolute Gasteiger partial charge is 0.497 e. The van der Waals surface area contributed by atoms with E-state index in [2.05, 4.69) is 0 Å². The first kappa shape index (κ1) is 11.1. The van der Waals surface area contributed by atoms with E-state index in [9.17, 15) is 8.42 Å². The van der Waals surface area contributed by atoms with Crippen LogP contribution in [0.4, 0.5) is 0 Å². The van der Waals surface area contributed by atoms with Crippen LogP contribution in [-0.4, -0.2) is 22.6 Å². The molecule has 4 nitrogen and oxygen atoms in total. The average molecular weight is 237 g/mol. The first-order chi connectivity index (χ1) is 6.47. The molecule has 14 heavy (non-hydrogen) atoms. The Kier molecular flexibility index (Phi) is 3.23. The van der Waals surface area contributed by atoms with Crippen molar-refractivity contribution in [1.82, 2.24) is 0 Å². The van der Waals surface area contributed by atoms with E-state index < -0.39 is 9.05 Å². The summed E-state index contributed by atoms with van der Waals surface area (Å²) in [5.41, 5.74) is 0. The summed E-state index contributed by atoms with van der Waals surface area (Å²) in [4.78, 5) is -0.0460. The molecule has 1 aromatic rings. The van der Waals surface area contributed by atoms with Gasteiger partial charge in [-0.25, -0.2) is 8.42 Å². The van der Waals surface area contributed by atoms with E-state index in [0.29, 0.717) is 11.5 Å². The number of hydrogen-bond donors (Lipinski definition) is 0. The molecule has 0 N–H and O–H groups in total. The lowest BCUT2D eigenvalue weighted by Crippen LogP contribution is -1.94. The maximum Gasteiger partial charge on any atom is 0.261 e. The van der Waals surface area contributed by atoms with Gasteiger partial charge in [-0.3, -0.25) is 0 Å². The van der Waals surface area contributed by atoms with Gasteiger partial charge in [-0.05, 0) is 0 Å². The molecule has 0 bridgehead atoms. The van der Waals surface area contributed by atoms with Crippen molar-refractivity contribution in [3.63, 3.8) is 0 Å². The van der Waals surface area contributed by atoms with Crippen LogP contribution in [0, 0.1) is 0 Å². The fraction of sp³-hybridized carbons (Fsp3) is 0.250. The van der Waals surface area contributed by atoms with Gasteiger partial charge in [-0.15, -0.1) is 0 Å². The van der Waals surface area contributed by atoms with Crippen LogP contribution >= 0.6 is 10.7 Å². The summed E-state index contributed by atoms with van der Waals surface area (Å²) in [6.45, 7) is 0. The molecule has 0 aliphatic heterocycles. The van der Waals surface area contributed by atoms with Crippen molar-refractivity contribution < 1.29 is 17.9 Å². The van der Waals surface area contributed by atoms with E-state index in [0.717, 1.165) is 0 Å². The molecule has 0 aliphatic carbocycles. The summed E-state index contributed by atoms with van der Waals surface area (Å²) < 4.78 is 31.8. The number of methoxy groups -OCH3 is 2. The van der Waals surface area contributed by atoms with Crippen LogP contribution in [-0.2, 0) is 9.05 Å². The molecule has 1 aromatic carbocycles. The van der Waals surface area contributed by atoms with Crippen molar-refractivity contribution in [2.45, 2.75) is 4.90 Å². The second kappa shape index (κ2) is 4.06. The highest BCUT2D eigenvalue weighted by Gasteiger charge is 2.13. The normalized spacial score (nSPS) is 11.1. The summed E-state index contributed by atoms with van der Waals surface area (Å²) >= 11 is 0. The number of rotatable bonds is 3. The van der Waals surface area contributed by atoms with Gasteiger partial charge < -0.3 is 9.47 Å². The second-order valence-electron chi connectivity index (χ2n) is 2.49. The first-order valence-electron chi connectivity index (χ1n) is 3.65. The molecule has 0 fully saturated rings. The molecule has 6 heteroatoms. The van der Waals surface area contributed by atoms with Gasteiger partial charge in [0.1, 0.15) is 11.5 Å². The molecule has 0 atom stereocenters. The van der Waals surface area contributed by atoms with Crippen molar-refractivity contribution in [1.29, 1.82) is 0 Å². The van der Waals surface area contributed by atoms with Crippen LogP contribution in [0.2, 0.25) is 0 Å². The Bertz CT molecular complexity index is 405. The van der Waals surface area contributed by atoms with Crippen molar-refractivity contribution in [3.05, 3.63) is 18.2 Å². The van der Waals surface area contributed by atoms with E-state index in [-0.39, 0.29) is 4.90 Å². The van der Waals surface area contributed by atoms with Gasteiger partial charge in [0.05, 0.1) is 19.1 Å². The molecule has 0 amide bonds. The zero-order valence-corrected chi connectivity index (χ0v) is 9.22. The van der Waals surface area contributed by atoms with Crippen molar-refractivity contribution >= 4 is 19.7 Å². The molecule has 0 heterocycles. The predicted molar refractivity (Wildman–Crippen MR) is 52.6 cm³/mol. The molecule has 0 saturated carbocycles. The molecule has 78 valence electrons. The summed E-state index contributed by atoms with van der Waals surface area (Å²) in [6, 6.07) is 4.21. The van der Waals surface area contributed by atoms with Gasteiger partial charge >= 0.3 is 0 Å². The van der Waals surface area contributed by atoms with Gasteiger partial charge in [0.15, 0.2) is 0 Å². The number of halogens is 1. The van der Waals surface area contributed by atoms with Crippen molar-refractivity contribution in [2.24, 2.45) is 0 Å². The summed E-state index contributed by atoms with van der Waals surface area (Å²) in [6.07, 6.45) is 0. The Morgan fingerprint density at radius 1 is 1.07 bits per heavy atom. The highest BCUT2D eigenvalue weighted by atomic mass is 35.7. The quantitative estimate of drug-likeness (QED) is 0.749. The highest BCUT2D eigenvalue weighted by Crippen LogP contribution is 2.27. The van der Waals surface area contributed by atoms with Crippen molar-refractivity contribution in [2.75, 3.05) is 14.2 Å². The van der Waals surface area contributed by atoms with Crippen LogP contribution in [0.15, 0.2) is 23.1 Å². The molecule has 0 aliphatic rings. The number of benzene rings is 1. The molecule has 0 saturated heterocycles. The SMILES string of the molecule is COc1cc(OC)cc(S(=O)(=O)Cl)c1. The lowest BCUT2D eigenvalue weighted by molar-refractivity contribution is 0.392. The Morgan fingerprint density at radius 3 is 1.79 bits per heavy atom. The third kappa shape index (κ3) is 2.52. The van der Waals surface area contributed by atoms with E-state index in [1.54, 1.807) is 6.07 Å². The third-order valence-corrected chi connectivity index (χ3v) is 2.94. The molecule has 0 radical (unpaired) electrons. The monoisotopic (exact) mass is 236 g/mol. The lowest BCUT2D eigenvalue weighted by Gasteiger charge is -2.05. The summed E-state index contributed by atoms with van der Waals surface area (Å²) in [5, 5.41) is 0. The van der Waals surface area contributed by atoms with Crippen LogP contribution < -0.4 is 9.47 Å². The van der Waals surface area contributed by atoms with E-state index in [1.807, 2.05) is 0 Å². The van der Waals surface area contributed by atoms with Crippen LogP contribution in [0.1, 0.15) is 0 Å². The fourth-order valence-electron chi connectivity index (χ4n) is 0.922. The summed E-state index contributed by atoms with van der Waals surface area (Å²) in [7, 11) is 4.28. The van der Waals surface area contributed by atoms with Gasteiger partial charge in [0, 0.05) is 28.9 Å². The van der Waals surface area contributed by atoms with Gasteiger partial charge in [0.2, 0.25) is 0 Å². The Morgan fingerprint density at radius 2 is 1.50 bits per heavy atom.